The van der Waals surface area contributed by atoms with E-state index in [1.165, 1.54) is 12.4 Å². The van der Waals surface area contributed by atoms with Gasteiger partial charge >= 0.3 is 5.97 Å². The number of carbonyl (C=O) groups is 1. The quantitative estimate of drug-likeness (QED) is 0.753. The first kappa shape index (κ1) is 11.3. The highest BCUT2D eigenvalue weighted by Gasteiger charge is 2.09. The van der Waals surface area contributed by atoms with Gasteiger partial charge in [0.15, 0.2) is 5.69 Å². The van der Waals surface area contributed by atoms with Crippen molar-refractivity contribution in [1.29, 1.82) is 0 Å². The van der Waals surface area contributed by atoms with E-state index in [0.717, 1.165) is 16.6 Å². The summed E-state index contributed by atoms with van der Waals surface area (Å²) in [6, 6.07) is 7.15. The first-order valence-electron chi connectivity index (χ1n) is 5.62. The van der Waals surface area contributed by atoms with Gasteiger partial charge in [-0.3, -0.25) is 0 Å². The van der Waals surface area contributed by atoms with Crippen LogP contribution in [-0.2, 0) is 7.05 Å². The van der Waals surface area contributed by atoms with Crippen molar-refractivity contribution in [1.82, 2.24) is 19.5 Å². The fourth-order valence-corrected chi connectivity index (χ4v) is 1.93. The predicted octanol–water partition coefficient (Wildman–Crippen LogP) is 1.73. The van der Waals surface area contributed by atoms with Crippen molar-refractivity contribution < 1.29 is 9.90 Å². The summed E-state index contributed by atoms with van der Waals surface area (Å²) in [5.41, 5.74) is 3.22. The molecular weight excluding hydrogens is 244 g/mol. The van der Waals surface area contributed by atoms with Crippen LogP contribution in [0.1, 0.15) is 10.5 Å². The van der Waals surface area contributed by atoms with Crippen LogP contribution in [0.2, 0.25) is 0 Å². The fourth-order valence-electron chi connectivity index (χ4n) is 1.93. The zero-order chi connectivity index (χ0) is 13.4. The van der Waals surface area contributed by atoms with Crippen LogP contribution in [-0.4, -0.2) is 30.6 Å². The van der Waals surface area contributed by atoms with Crippen molar-refractivity contribution >= 4 is 17.0 Å². The summed E-state index contributed by atoms with van der Waals surface area (Å²) < 4.78 is 1.92. The highest BCUT2D eigenvalue weighted by molar-refractivity contribution is 5.87. The Balaban J connectivity index is 2.13. The van der Waals surface area contributed by atoms with Gasteiger partial charge < -0.3 is 9.67 Å². The predicted molar refractivity (Wildman–Crippen MR) is 68.7 cm³/mol. The third-order valence-corrected chi connectivity index (χ3v) is 2.91. The topological polar surface area (TPSA) is 80.9 Å². The normalized spacial score (nSPS) is 10.8. The molecule has 6 heteroatoms. The highest BCUT2D eigenvalue weighted by Crippen LogP contribution is 2.22. The maximum atomic E-state index is 10.9. The Hall–Kier alpha value is -2.76. The number of hydrogen-bond acceptors (Lipinski definition) is 4. The zero-order valence-electron chi connectivity index (χ0n) is 10.1. The third kappa shape index (κ3) is 1.93. The summed E-state index contributed by atoms with van der Waals surface area (Å²) in [6.07, 6.45) is 2.98. The lowest BCUT2D eigenvalue weighted by Crippen LogP contribution is -2.01. The zero-order valence-corrected chi connectivity index (χ0v) is 10.1. The van der Waals surface area contributed by atoms with Gasteiger partial charge in [0.05, 0.1) is 23.1 Å². The van der Waals surface area contributed by atoms with E-state index < -0.39 is 5.97 Å². The third-order valence-electron chi connectivity index (χ3n) is 2.91. The number of fused-ring (bicyclic) bond motifs is 1. The van der Waals surface area contributed by atoms with Crippen molar-refractivity contribution in [2.45, 2.75) is 0 Å². The van der Waals surface area contributed by atoms with Crippen molar-refractivity contribution in [3.8, 4) is 11.3 Å². The van der Waals surface area contributed by atoms with Gasteiger partial charge in [-0.2, -0.15) is 0 Å². The average Bonchev–Trinajstić information content (AvgIpc) is 2.80. The minimum Gasteiger partial charge on any atom is -0.477 e. The number of aromatic nitrogens is 4. The number of benzene rings is 1. The SMILES string of the molecule is Cn1cnc2cc(-c3cc(C(=O)O)ncn3)ccc21. The average molecular weight is 254 g/mol. The van der Waals surface area contributed by atoms with Gasteiger partial charge in [-0.05, 0) is 18.2 Å². The molecule has 0 spiro atoms. The Morgan fingerprint density at radius 1 is 1.21 bits per heavy atom. The molecule has 2 aromatic heterocycles. The molecule has 0 saturated carbocycles. The van der Waals surface area contributed by atoms with Crippen LogP contribution >= 0.6 is 0 Å². The molecule has 0 unspecified atom stereocenters. The molecule has 0 saturated heterocycles. The molecule has 94 valence electrons. The van der Waals surface area contributed by atoms with Crippen molar-refractivity contribution in [2.24, 2.45) is 7.05 Å². The van der Waals surface area contributed by atoms with E-state index in [9.17, 15) is 4.79 Å². The Morgan fingerprint density at radius 3 is 2.84 bits per heavy atom. The molecule has 19 heavy (non-hydrogen) atoms. The van der Waals surface area contributed by atoms with Crippen LogP contribution in [0.15, 0.2) is 36.9 Å². The number of hydrogen-bond donors (Lipinski definition) is 1. The van der Waals surface area contributed by atoms with Gasteiger partial charge in [0, 0.05) is 12.6 Å². The molecule has 0 bridgehead atoms. The lowest BCUT2D eigenvalue weighted by atomic mass is 10.1. The van der Waals surface area contributed by atoms with Gasteiger partial charge in [0.1, 0.15) is 6.33 Å². The molecule has 1 N–H and O–H groups in total. The molecule has 0 amide bonds. The van der Waals surface area contributed by atoms with Crippen LogP contribution in [0.25, 0.3) is 22.3 Å². The number of imidazole rings is 1. The second kappa shape index (κ2) is 4.16. The second-order valence-corrected chi connectivity index (χ2v) is 4.15. The van der Waals surface area contributed by atoms with E-state index in [-0.39, 0.29) is 5.69 Å². The maximum absolute atomic E-state index is 10.9. The largest absolute Gasteiger partial charge is 0.477 e. The second-order valence-electron chi connectivity index (χ2n) is 4.15. The minimum atomic E-state index is -1.07. The summed E-state index contributed by atoms with van der Waals surface area (Å²) in [5.74, 6) is -1.07. The first-order chi connectivity index (χ1) is 9.15. The van der Waals surface area contributed by atoms with E-state index in [1.807, 2.05) is 29.8 Å². The van der Waals surface area contributed by atoms with Gasteiger partial charge in [0.25, 0.3) is 0 Å². The van der Waals surface area contributed by atoms with E-state index in [0.29, 0.717) is 5.69 Å². The Morgan fingerprint density at radius 2 is 2.05 bits per heavy atom. The van der Waals surface area contributed by atoms with E-state index in [2.05, 4.69) is 15.0 Å². The van der Waals surface area contributed by atoms with E-state index >= 15 is 0 Å². The summed E-state index contributed by atoms with van der Waals surface area (Å²) in [6.45, 7) is 0. The molecule has 0 radical (unpaired) electrons. The van der Waals surface area contributed by atoms with Gasteiger partial charge in [-0.1, -0.05) is 6.07 Å². The standard InChI is InChI=1S/C13H10N4O2/c1-17-7-16-10-4-8(2-3-12(10)17)9-5-11(13(18)19)15-6-14-9/h2-7H,1H3,(H,18,19). The summed E-state index contributed by atoms with van der Waals surface area (Å²) in [7, 11) is 1.92. The molecule has 0 aliphatic heterocycles. The Kier molecular flexibility index (Phi) is 2.49. The molecule has 0 atom stereocenters. The smallest absolute Gasteiger partial charge is 0.354 e. The molecule has 6 nitrogen and oxygen atoms in total. The molecule has 2 heterocycles. The summed E-state index contributed by atoms with van der Waals surface area (Å²) >= 11 is 0. The van der Waals surface area contributed by atoms with Crippen molar-refractivity contribution in [3.05, 3.63) is 42.6 Å². The number of carboxylic acid groups (broad SMARTS) is 1. The van der Waals surface area contributed by atoms with Gasteiger partial charge in [-0.15, -0.1) is 0 Å². The minimum absolute atomic E-state index is 0.0221. The van der Waals surface area contributed by atoms with Gasteiger partial charge in [0.2, 0.25) is 0 Å². The van der Waals surface area contributed by atoms with E-state index in [4.69, 9.17) is 5.11 Å². The first-order valence-corrected chi connectivity index (χ1v) is 5.62. The van der Waals surface area contributed by atoms with Crippen LogP contribution in [0, 0.1) is 0 Å². The van der Waals surface area contributed by atoms with Gasteiger partial charge in [-0.25, -0.2) is 19.7 Å². The number of aryl methyl sites for hydroxylation is 1. The number of aromatic carboxylic acids is 1. The lowest BCUT2D eigenvalue weighted by molar-refractivity contribution is 0.0690. The lowest BCUT2D eigenvalue weighted by Gasteiger charge is -2.02. The number of nitrogens with zero attached hydrogens (tertiary/aromatic N) is 4. The maximum Gasteiger partial charge on any atom is 0.354 e. The molecule has 0 aliphatic rings. The monoisotopic (exact) mass is 254 g/mol. The fraction of sp³-hybridized carbons (Fsp3) is 0.0769. The number of carboxylic acids is 1. The summed E-state index contributed by atoms with van der Waals surface area (Å²) in [5, 5.41) is 8.93. The highest BCUT2D eigenvalue weighted by atomic mass is 16.4. The number of rotatable bonds is 2. The van der Waals surface area contributed by atoms with Crippen LogP contribution in [0.3, 0.4) is 0 Å². The van der Waals surface area contributed by atoms with Crippen molar-refractivity contribution in [3.63, 3.8) is 0 Å². The molecule has 0 fully saturated rings. The van der Waals surface area contributed by atoms with Crippen LogP contribution < -0.4 is 0 Å². The molecular formula is C13H10N4O2. The van der Waals surface area contributed by atoms with Crippen LogP contribution in [0.5, 0.6) is 0 Å². The van der Waals surface area contributed by atoms with E-state index in [1.54, 1.807) is 6.33 Å². The van der Waals surface area contributed by atoms with Crippen LogP contribution in [0.4, 0.5) is 0 Å². The molecule has 0 aliphatic carbocycles. The summed E-state index contributed by atoms with van der Waals surface area (Å²) in [4.78, 5) is 23.0. The van der Waals surface area contributed by atoms with Crippen molar-refractivity contribution in [2.75, 3.05) is 0 Å². The molecule has 1 aromatic carbocycles. The Labute approximate surface area is 108 Å². The molecule has 3 aromatic rings. The Bertz CT molecular complexity index is 779. The molecule has 3 rings (SSSR count).